The molecule has 0 nitrogen and oxygen atoms in total. The third kappa shape index (κ3) is 3.43. The van der Waals surface area contributed by atoms with Crippen LogP contribution >= 0.6 is 0 Å². The zero-order chi connectivity index (χ0) is 24.4. The van der Waals surface area contributed by atoms with E-state index in [4.69, 9.17) is 0 Å². The van der Waals surface area contributed by atoms with Crippen molar-refractivity contribution in [2.24, 2.45) is 0 Å². The second-order valence-electron chi connectivity index (χ2n) is 11.1. The van der Waals surface area contributed by atoms with Crippen LogP contribution in [0.5, 0.6) is 0 Å². The van der Waals surface area contributed by atoms with Crippen LogP contribution in [0.3, 0.4) is 0 Å². The highest BCUT2D eigenvalue weighted by Crippen LogP contribution is 2.34. The van der Waals surface area contributed by atoms with E-state index >= 15 is 0 Å². The van der Waals surface area contributed by atoms with E-state index in [9.17, 15) is 0 Å². The minimum atomic E-state index is -1.32. The molecule has 0 fully saturated rings. The highest BCUT2D eigenvalue weighted by Gasteiger charge is 2.16. The van der Waals surface area contributed by atoms with E-state index < -0.39 is 8.07 Å². The third-order valence-corrected chi connectivity index (χ3v) is 9.78. The maximum atomic E-state index is 2.41. The Hall–Kier alpha value is -3.94. The summed E-state index contributed by atoms with van der Waals surface area (Å²) in [5.41, 5.74) is 2.53. The van der Waals surface area contributed by atoms with Crippen molar-refractivity contribution in [2.75, 3.05) is 0 Å². The Labute approximate surface area is 212 Å². The molecular formula is C35H28Si. The third-order valence-electron chi connectivity index (χ3n) is 7.74. The quantitative estimate of drug-likeness (QED) is 0.132. The van der Waals surface area contributed by atoms with Gasteiger partial charge in [0, 0.05) is 0 Å². The van der Waals surface area contributed by atoms with Gasteiger partial charge in [-0.2, -0.15) is 0 Å². The molecule has 0 aliphatic rings. The fraction of sp³-hybridized carbons (Fsp3) is 0.0857. The van der Waals surface area contributed by atoms with Gasteiger partial charge in [-0.15, -0.1) is 0 Å². The van der Waals surface area contributed by atoms with Gasteiger partial charge in [-0.3, -0.25) is 0 Å². The average molecular weight is 477 g/mol. The van der Waals surface area contributed by atoms with Crippen LogP contribution in [-0.2, 0) is 0 Å². The van der Waals surface area contributed by atoms with Crippen molar-refractivity contribution >= 4 is 67.1 Å². The number of rotatable bonds is 2. The molecule has 172 valence electrons. The SMILES string of the molecule is C[Si](C)(C)c1ccc2c(ccc3cc(-c4ccc5c(ccc6cc7ccccc7cc65)c4)ccc32)c1. The molecule has 0 amide bonds. The summed E-state index contributed by atoms with van der Waals surface area (Å²) < 4.78 is 0. The molecule has 7 rings (SSSR count). The fourth-order valence-electron chi connectivity index (χ4n) is 5.65. The molecule has 0 atom stereocenters. The van der Waals surface area contributed by atoms with Crippen molar-refractivity contribution in [1.29, 1.82) is 0 Å². The minimum absolute atomic E-state index is 1.26. The molecule has 0 aliphatic heterocycles. The zero-order valence-electron chi connectivity index (χ0n) is 21.0. The lowest BCUT2D eigenvalue weighted by Gasteiger charge is -2.17. The Bertz CT molecular complexity index is 1970. The number of fused-ring (bicyclic) bond motifs is 7. The zero-order valence-corrected chi connectivity index (χ0v) is 22.0. The van der Waals surface area contributed by atoms with Gasteiger partial charge in [0.15, 0.2) is 0 Å². The van der Waals surface area contributed by atoms with Crippen LogP contribution in [0.15, 0.2) is 115 Å². The smallest absolute Gasteiger partial charge is 0.0656 e. The van der Waals surface area contributed by atoms with Gasteiger partial charge in [-0.1, -0.05) is 116 Å². The van der Waals surface area contributed by atoms with E-state index in [-0.39, 0.29) is 0 Å². The monoisotopic (exact) mass is 476 g/mol. The first-order valence-corrected chi connectivity index (χ1v) is 16.3. The van der Waals surface area contributed by atoms with Crippen molar-refractivity contribution in [3.8, 4) is 11.1 Å². The number of benzene rings is 7. The van der Waals surface area contributed by atoms with Crippen molar-refractivity contribution < 1.29 is 0 Å². The van der Waals surface area contributed by atoms with E-state index in [1.165, 1.54) is 70.2 Å². The van der Waals surface area contributed by atoms with Crippen molar-refractivity contribution in [1.82, 2.24) is 0 Å². The summed E-state index contributed by atoms with van der Waals surface area (Å²) in [4.78, 5) is 0. The fourth-order valence-corrected chi connectivity index (χ4v) is 6.82. The summed E-state index contributed by atoms with van der Waals surface area (Å²) in [5.74, 6) is 0. The van der Waals surface area contributed by atoms with E-state index in [1.54, 1.807) is 0 Å². The molecule has 0 radical (unpaired) electrons. The maximum Gasteiger partial charge on any atom is 0.0776 e. The predicted octanol–water partition coefficient (Wildman–Crippen LogP) is 9.66. The Balaban J connectivity index is 1.35. The van der Waals surface area contributed by atoms with E-state index in [0.29, 0.717) is 0 Å². The first-order valence-electron chi connectivity index (χ1n) is 12.8. The van der Waals surface area contributed by atoms with E-state index in [0.717, 1.165) is 0 Å². The minimum Gasteiger partial charge on any atom is -0.0656 e. The summed E-state index contributed by atoms with van der Waals surface area (Å²) in [6.07, 6.45) is 0. The molecule has 0 spiro atoms. The summed E-state index contributed by atoms with van der Waals surface area (Å²) in [6, 6.07) is 43.3. The second kappa shape index (κ2) is 7.78. The lowest BCUT2D eigenvalue weighted by Crippen LogP contribution is -2.37. The summed E-state index contributed by atoms with van der Waals surface area (Å²) in [5, 5.41) is 14.6. The molecule has 36 heavy (non-hydrogen) atoms. The maximum absolute atomic E-state index is 2.41. The Morgan fingerprint density at radius 1 is 0.361 bits per heavy atom. The molecule has 0 N–H and O–H groups in total. The number of hydrogen-bond acceptors (Lipinski definition) is 0. The highest BCUT2D eigenvalue weighted by molar-refractivity contribution is 6.88. The predicted molar refractivity (Wildman–Crippen MR) is 162 cm³/mol. The lowest BCUT2D eigenvalue weighted by molar-refractivity contribution is 1.69. The molecule has 0 aliphatic carbocycles. The van der Waals surface area contributed by atoms with Crippen LogP contribution in [0.25, 0.3) is 65.0 Å². The van der Waals surface area contributed by atoms with Gasteiger partial charge in [-0.25, -0.2) is 0 Å². The van der Waals surface area contributed by atoms with Crippen LogP contribution in [0.2, 0.25) is 19.6 Å². The van der Waals surface area contributed by atoms with Crippen LogP contribution in [-0.4, -0.2) is 8.07 Å². The van der Waals surface area contributed by atoms with Gasteiger partial charge in [0.05, 0.1) is 8.07 Å². The van der Waals surface area contributed by atoms with Crippen molar-refractivity contribution in [3.05, 3.63) is 115 Å². The standard InChI is InChI=1S/C35H28Si/c1-36(2,3)31-14-17-33-30(21-31)11-9-27-19-25(12-15-32(27)33)26-13-16-34-28(20-26)8-10-29-18-23-6-4-5-7-24(23)22-35(29)34/h4-22H,1-3H3. The van der Waals surface area contributed by atoms with Crippen molar-refractivity contribution in [2.45, 2.75) is 19.6 Å². The molecule has 0 heterocycles. The van der Waals surface area contributed by atoms with Crippen LogP contribution in [0.1, 0.15) is 0 Å². The van der Waals surface area contributed by atoms with Crippen LogP contribution in [0.4, 0.5) is 0 Å². The highest BCUT2D eigenvalue weighted by atomic mass is 28.3. The second-order valence-corrected chi connectivity index (χ2v) is 16.2. The largest absolute Gasteiger partial charge is 0.0776 e. The van der Waals surface area contributed by atoms with E-state index in [1.807, 2.05) is 0 Å². The van der Waals surface area contributed by atoms with Gasteiger partial charge in [0.1, 0.15) is 0 Å². The van der Waals surface area contributed by atoms with Gasteiger partial charge < -0.3 is 0 Å². The summed E-state index contributed by atoms with van der Waals surface area (Å²) in [6.45, 7) is 7.24. The molecule has 0 saturated heterocycles. The molecular weight excluding hydrogens is 448 g/mol. The van der Waals surface area contributed by atoms with Crippen LogP contribution < -0.4 is 5.19 Å². The molecule has 7 aromatic rings. The Morgan fingerprint density at radius 2 is 0.833 bits per heavy atom. The Kier molecular flexibility index (Phi) is 4.61. The van der Waals surface area contributed by atoms with Gasteiger partial charge >= 0.3 is 0 Å². The van der Waals surface area contributed by atoms with Gasteiger partial charge in [0.2, 0.25) is 0 Å². The molecule has 0 saturated carbocycles. The molecule has 1 heteroatoms. The van der Waals surface area contributed by atoms with Gasteiger partial charge in [0.25, 0.3) is 0 Å². The molecule has 0 aromatic heterocycles. The van der Waals surface area contributed by atoms with Crippen molar-refractivity contribution in [3.63, 3.8) is 0 Å². The normalized spacial score (nSPS) is 12.3. The Morgan fingerprint density at radius 3 is 1.42 bits per heavy atom. The average Bonchev–Trinajstić information content (AvgIpc) is 2.90. The first kappa shape index (κ1) is 21.3. The molecule has 0 unspecified atom stereocenters. The van der Waals surface area contributed by atoms with Gasteiger partial charge in [-0.05, 0) is 89.3 Å². The number of hydrogen-bond donors (Lipinski definition) is 0. The molecule has 0 bridgehead atoms. The van der Waals surface area contributed by atoms with Crippen LogP contribution in [0, 0.1) is 0 Å². The summed E-state index contributed by atoms with van der Waals surface area (Å²) in [7, 11) is -1.32. The topological polar surface area (TPSA) is 0 Å². The lowest BCUT2D eigenvalue weighted by atomic mass is 9.94. The molecule has 7 aromatic carbocycles. The summed E-state index contributed by atoms with van der Waals surface area (Å²) >= 11 is 0. The van der Waals surface area contributed by atoms with E-state index in [2.05, 4.69) is 135 Å². The first-order chi connectivity index (χ1) is 17.4.